The Morgan fingerprint density at radius 1 is 0.935 bits per heavy atom. The fourth-order valence-electron chi connectivity index (χ4n) is 2.81. The van der Waals surface area contributed by atoms with Gasteiger partial charge in [-0.25, -0.2) is 0 Å². The van der Waals surface area contributed by atoms with Crippen molar-refractivity contribution in [3.05, 3.63) is 96.1 Å². The summed E-state index contributed by atoms with van der Waals surface area (Å²) < 4.78 is 16.8. The lowest BCUT2D eigenvalue weighted by Gasteiger charge is -2.11. The summed E-state index contributed by atoms with van der Waals surface area (Å²) in [5.74, 6) is 1.90. The summed E-state index contributed by atoms with van der Waals surface area (Å²) in [5, 5.41) is 0. The molecule has 0 bridgehead atoms. The SMILES string of the molecule is C=CCOc1ccc(/C=C/C(=O)c2ccc(OCC=C(C)C)c(CC=C)c2)cc1OC. The minimum Gasteiger partial charge on any atom is -0.493 e. The lowest BCUT2D eigenvalue weighted by Crippen LogP contribution is -2.01. The maximum absolute atomic E-state index is 12.7. The fourth-order valence-corrected chi connectivity index (χ4v) is 2.81. The minimum atomic E-state index is -0.0906. The van der Waals surface area contributed by atoms with E-state index in [-0.39, 0.29) is 5.78 Å². The number of rotatable bonds is 12. The number of methoxy groups -OCH3 is 1. The molecule has 0 spiro atoms. The zero-order valence-corrected chi connectivity index (χ0v) is 18.5. The van der Waals surface area contributed by atoms with Gasteiger partial charge < -0.3 is 14.2 Å². The highest BCUT2D eigenvalue weighted by atomic mass is 16.5. The van der Waals surface area contributed by atoms with Gasteiger partial charge in [-0.15, -0.1) is 6.58 Å². The van der Waals surface area contributed by atoms with Crippen LogP contribution in [0.4, 0.5) is 0 Å². The summed E-state index contributed by atoms with van der Waals surface area (Å²) in [4.78, 5) is 12.7. The maximum Gasteiger partial charge on any atom is 0.185 e. The van der Waals surface area contributed by atoms with Crippen molar-refractivity contribution in [2.24, 2.45) is 0 Å². The summed E-state index contributed by atoms with van der Waals surface area (Å²) in [6, 6.07) is 11.0. The molecule has 0 saturated carbocycles. The summed E-state index contributed by atoms with van der Waals surface area (Å²) in [5.41, 5.74) is 3.56. The van der Waals surface area contributed by atoms with Crippen molar-refractivity contribution in [3.8, 4) is 17.2 Å². The zero-order valence-electron chi connectivity index (χ0n) is 18.5. The first kappa shape index (κ1) is 23.7. The minimum absolute atomic E-state index is 0.0906. The predicted octanol–water partition coefficient (Wildman–Crippen LogP) is 6.23. The van der Waals surface area contributed by atoms with E-state index >= 15 is 0 Å². The van der Waals surface area contributed by atoms with Crippen LogP contribution in [0.15, 0.2) is 79.4 Å². The van der Waals surface area contributed by atoms with Gasteiger partial charge in [-0.05, 0) is 73.9 Å². The first-order valence-corrected chi connectivity index (χ1v) is 10.1. The molecule has 0 fully saturated rings. The highest BCUT2D eigenvalue weighted by Crippen LogP contribution is 2.29. The van der Waals surface area contributed by atoms with Crippen LogP contribution in [0.3, 0.4) is 0 Å². The smallest absolute Gasteiger partial charge is 0.185 e. The van der Waals surface area contributed by atoms with E-state index in [9.17, 15) is 4.79 Å². The second kappa shape index (κ2) is 12.2. The Balaban J connectivity index is 2.17. The molecular weight excluding hydrogens is 388 g/mol. The molecule has 0 amide bonds. The van der Waals surface area contributed by atoms with E-state index in [1.807, 2.05) is 50.3 Å². The van der Waals surface area contributed by atoms with E-state index < -0.39 is 0 Å². The molecule has 0 heterocycles. The van der Waals surface area contributed by atoms with Crippen molar-refractivity contribution in [2.75, 3.05) is 20.3 Å². The van der Waals surface area contributed by atoms with Crippen LogP contribution < -0.4 is 14.2 Å². The highest BCUT2D eigenvalue weighted by Gasteiger charge is 2.09. The van der Waals surface area contributed by atoms with Gasteiger partial charge >= 0.3 is 0 Å². The molecule has 0 N–H and O–H groups in total. The van der Waals surface area contributed by atoms with Crippen LogP contribution in [0.25, 0.3) is 6.08 Å². The summed E-state index contributed by atoms with van der Waals surface area (Å²) in [7, 11) is 1.58. The summed E-state index contributed by atoms with van der Waals surface area (Å²) in [6.07, 6.45) is 9.42. The van der Waals surface area contributed by atoms with E-state index in [0.717, 1.165) is 16.9 Å². The summed E-state index contributed by atoms with van der Waals surface area (Å²) >= 11 is 0. The third-order valence-corrected chi connectivity index (χ3v) is 4.41. The molecule has 0 aliphatic rings. The normalized spacial score (nSPS) is 10.4. The molecule has 0 unspecified atom stereocenters. The van der Waals surface area contributed by atoms with Crippen molar-refractivity contribution in [1.29, 1.82) is 0 Å². The number of carbonyl (C=O) groups excluding carboxylic acids is 1. The van der Waals surface area contributed by atoms with Gasteiger partial charge in [-0.1, -0.05) is 36.4 Å². The molecule has 31 heavy (non-hydrogen) atoms. The van der Waals surface area contributed by atoms with Crippen LogP contribution in [0.1, 0.15) is 35.3 Å². The van der Waals surface area contributed by atoms with E-state index in [1.54, 1.807) is 37.5 Å². The van der Waals surface area contributed by atoms with Crippen LogP contribution in [0, 0.1) is 0 Å². The van der Waals surface area contributed by atoms with Gasteiger partial charge in [-0.3, -0.25) is 4.79 Å². The lowest BCUT2D eigenvalue weighted by molar-refractivity contribution is 0.104. The lowest BCUT2D eigenvalue weighted by atomic mass is 10.0. The molecule has 4 heteroatoms. The first-order valence-electron chi connectivity index (χ1n) is 10.1. The molecule has 2 rings (SSSR count). The van der Waals surface area contributed by atoms with E-state index in [4.69, 9.17) is 14.2 Å². The van der Waals surface area contributed by atoms with Crippen molar-refractivity contribution >= 4 is 11.9 Å². The third kappa shape index (κ3) is 7.34. The molecule has 0 aromatic heterocycles. The predicted molar refractivity (Wildman–Crippen MR) is 127 cm³/mol. The van der Waals surface area contributed by atoms with Crippen molar-refractivity contribution in [3.63, 3.8) is 0 Å². The first-order chi connectivity index (χ1) is 15.0. The molecule has 2 aromatic carbocycles. The molecule has 0 atom stereocenters. The quantitative estimate of drug-likeness (QED) is 0.233. The fraction of sp³-hybridized carbons (Fsp3) is 0.222. The van der Waals surface area contributed by atoms with Gasteiger partial charge in [0.2, 0.25) is 0 Å². The maximum atomic E-state index is 12.7. The van der Waals surface area contributed by atoms with Crippen LogP contribution in [0.5, 0.6) is 17.2 Å². The standard InChI is InChI=1S/C27H30O4/c1-6-8-23-19-22(11-14-25(23)31-17-15-20(3)4)24(28)12-9-21-10-13-26(30-16-7-2)27(18-21)29-5/h6-7,9-15,18-19H,1-2,8,16-17H2,3-5H3/b12-9+. The number of carbonyl (C=O) groups is 1. The van der Waals surface area contributed by atoms with Crippen molar-refractivity contribution in [1.82, 2.24) is 0 Å². The van der Waals surface area contributed by atoms with Gasteiger partial charge in [0.15, 0.2) is 17.3 Å². The Kier molecular flexibility index (Phi) is 9.37. The highest BCUT2D eigenvalue weighted by molar-refractivity contribution is 6.07. The topological polar surface area (TPSA) is 44.8 Å². The van der Waals surface area contributed by atoms with Gasteiger partial charge in [0, 0.05) is 5.56 Å². The average molecular weight is 419 g/mol. The Bertz CT molecular complexity index is 979. The van der Waals surface area contributed by atoms with Gasteiger partial charge in [0.25, 0.3) is 0 Å². The van der Waals surface area contributed by atoms with Crippen LogP contribution in [0.2, 0.25) is 0 Å². The average Bonchev–Trinajstić information content (AvgIpc) is 2.77. The Morgan fingerprint density at radius 2 is 1.68 bits per heavy atom. The molecule has 0 aliphatic carbocycles. The largest absolute Gasteiger partial charge is 0.493 e. The number of allylic oxidation sites excluding steroid dienone is 3. The Labute approximate surface area is 185 Å². The van der Waals surface area contributed by atoms with Crippen LogP contribution >= 0.6 is 0 Å². The van der Waals surface area contributed by atoms with E-state index in [1.165, 1.54) is 5.57 Å². The Morgan fingerprint density at radius 3 is 2.35 bits per heavy atom. The Hall–Kier alpha value is -3.53. The molecule has 2 aromatic rings. The molecule has 0 aliphatic heterocycles. The molecule has 0 saturated heterocycles. The second-order valence-corrected chi connectivity index (χ2v) is 7.12. The van der Waals surface area contributed by atoms with Gasteiger partial charge in [0.05, 0.1) is 7.11 Å². The van der Waals surface area contributed by atoms with E-state index in [0.29, 0.717) is 36.7 Å². The molecular formula is C27H30O4. The number of ketones is 1. The number of hydrogen-bond acceptors (Lipinski definition) is 4. The van der Waals surface area contributed by atoms with Gasteiger partial charge in [0.1, 0.15) is 19.0 Å². The number of benzene rings is 2. The monoisotopic (exact) mass is 418 g/mol. The third-order valence-electron chi connectivity index (χ3n) is 4.41. The van der Waals surface area contributed by atoms with Crippen LogP contribution in [-0.4, -0.2) is 26.1 Å². The number of ether oxygens (including phenoxy) is 3. The second-order valence-electron chi connectivity index (χ2n) is 7.12. The van der Waals surface area contributed by atoms with Gasteiger partial charge in [-0.2, -0.15) is 0 Å². The summed E-state index contributed by atoms with van der Waals surface area (Å²) in [6.45, 7) is 12.4. The van der Waals surface area contributed by atoms with Crippen LogP contribution in [-0.2, 0) is 6.42 Å². The zero-order chi connectivity index (χ0) is 22.6. The van der Waals surface area contributed by atoms with Crippen molar-refractivity contribution < 1.29 is 19.0 Å². The molecule has 162 valence electrons. The molecule has 4 nitrogen and oxygen atoms in total. The number of hydrogen-bond donors (Lipinski definition) is 0. The molecule has 0 radical (unpaired) electrons. The van der Waals surface area contributed by atoms with Crippen molar-refractivity contribution in [2.45, 2.75) is 20.3 Å². The van der Waals surface area contributed by atoms with E-state index in [2.05, 4.69) is 13.2 Å².